The quantitative estimate of drug-likeness (QED) is 0.877. The zero-order valence-electron chi connectivity index (χ0n) is 14.3. The number of hydrogen-bond donors (Lipinski definition) is 1. The second-order valence-corrected chi connectivity index (χ2v) is 6.50. The van der Waals surface area contributed by atoms with Gasteiger partial charge in [-0.25, -0.2) is 4.98 Å². The molecule has 0 radical (unpaired) electrons. The van der Waals surface area contributed by atoms with Crippen molar-refractivity contribution in [2.75, 3.05) is 25.5 Å². The molecule has 1 saturated heterocycles. The number of piperidine rings is 1. The lowest BCUT2D eigenvalue weighted by Gasteiger charge is -2.27. The van der Waals surface area contributed by atoms with E-state index in [1.165, 1.54) is 6.42 Å². The number of carbonyl (C=O) groups excluding carboxylic acids is 1. The molecule has 0 saturated carbocycles. The van der Waals surface area contributed by atoms with E-state index in [1.807, 2.05) is 23.1 Å². The molecule has 3 rings (SSSR count). The number of pyridine rings is 1. The van der Waals surface area contributed by atoms with Crippen LogP contribution in [0.4, 0.5) is 5.82 Å². The van der Waals surface area contributed by atoms with Gasteiger partial charge in [0.2, 0.25) is 0 Å². The topological polar surface area (TPSA) is 54.5 Å². The molecular formula is C19H22ClN3O2. The van der Waals surface area contributed by atoms with Crippen molar-refractivity contribution in [1.82, 2.24) is 9.88 Å². The molecule has 6 heteroatoms. The van der Waals surface area contributed by atoms with Gasteiger partial charge in [-0.2, -0.15) is 0 Å². The minimum atomic E-state index is 0.0355. The fraction of sp³-hybridized carbons (Fsp3) is 0.368. The molecule has 1 N–H and O–H groups in total. The highest BCUT2D eigenvalue weighted by Crippen LogP contribution is 2.24. The third kappa shape index (κ3) is 4.23. The molecule has 1 aromatic carbocycles. The number of rotatable bonds is 5. The monoisotopic (exact) mass is 359 g/mol. The molecular weight excluding hydrogens is 338 g/mol. The van der Waals surface area contributed by atoms with Gasteiger partial charge in [0.1, 0.15) is 11.6 Å². The number of anilines is 1. The SMILES string of the molecule is COc1ccc(Cl)cc1CNc1ncccc1C(=O)N1CCCCC1. The summed E-state index contributed by atoms with van der Waals surface area (Å²) >= 11 is 6.08. The summed E-state index contributed by atoms with van der Waals surface area (Å²) in [6.07, 6.45) is 5.00. The Kier molecular flexibility index (Phi) is 5.76. The Morgan fingerprint density at radius 3 is 2.84 bits per heavy atom. The summed E-state index contributed by atoms with van der Waals surface area (Å²) in [6.45, 7) is 2.10. The van der Waals surface area contributed by atoms with Gasteiger partial charge in [0.05, 0.1) is 12.7 Å². The molecule has 0 aliphatic carbocycles. The minimum Gasteiger partial charge on any atom is -0.496 e. The first kappa shape index (κ1) is 17.5. The van der Waals surface area contributed by atoms with E-state index in [0.717, 1.165) is 37.2 Å². The van der Waals surface area contributed by atoms with E-state index >= 15 is 0 Å². The van der Waals surface area contributed by atoms with Crippen molar-refractivity contribution in [2.24, 2.45) is 0 Å². The van der Waals surface area contributed by atoms with Crippen molar-refractivity contribution >= 4 is 23.3 Å². The number of carbonyl (C=O) groups is 1. The van der Waals surface area contributed by atoms with Crippen LogP contribution in [0.15, 0.2) is 36.5 Å². The van der Waals surface area contributed by atoms with E-state index in [2.05, 4.69) is 10.3 Å². The second kappa shape index (κ2) is 8.21. The summed E-state index contributed by atoms with van der Waals surface area (Å²) in [5.74, 6) is 1.37. The van der Waals surface area contributed by atoms with Gasteiger partial charge >= 0.3 is 0 Å². The Balaban J connectivity index is 1.77. The highest BCUT2D eigenvalue weighted by atomic mass is 35.5. The normalized spacial score (nSPS) is 14.2. The predicted molar refractivity (Wildman–Crippen MR) is 99.3 cm³/mol. The number of benzene rings is 1. The first-order chi connectivity index (χ1) is 12.2. The summed E-state index contributed by atoms with van der Waals surface area (Å²) in [6, 6.07) is 9.08. The molecule has 5 nitrogen and oxygen atoms in total. The van der Waals surface area contributed by atoms with Gasteiger partial charge in [-0.15, -0.1) is 0 Å². The zero-order valence-corrected chi connectivity index (χ0v) is 15.1. The number of likely N-dealkylation sites (tertiary alicyclic amines) is 1. The summed E-state index contributed by atoms with van der Waals surface area (Å²) in [5, 5.41) is 3.90. The lowest BCUT2D eigenvalue weighted by atomic mass is 10.1. The van der Waals surface area contributed by atoms with Crippen LogP contribution in [0.2, 0.25) is 5.02 Å². The Morgan fingerprint density at radius 1 is 1.28 bits per heavy atom. The highest BCUT2D eigenvalue weighted by Gasteiger charge is 2.21. The summed E-state index contributed by atoms with van der Waals surface area (Å²) < 4.78 is 5.37. The van der Waals surface area contributed by atoms with E-state index in [4.69, 9.17) is 16.3 Å². The number of nitrogens with one attached hydrogen (secondary N) is 1. The maximum absolute atomic E-state index is 12.8. The van der Waals surface area contributed by atoms with Crippen molar-refractivity contribution in [2.45, 2.75) is 25.8 Å². The van der Waals surface area contributed by atoms with Crippen molar-refractivity contribution < 1.29 is 9.53 Å². The Hall–Kier alpha value is -2.27. The lowest BCUT2D eigenvalue weighted by molar-refractivity contribution is 0.0725. The zero-order chi connectivity index (χ0) is 17.6. The minimum absolute atomic E-state index is 0.0355. The molecule has 0 unspecified atom stereocenters. The molecule has 2 aromatic rings. The molecule has 25 heavy (non-hydrogen) atoms. The second-order valence-electron chi connectivity index (χ2n) is 6.06. The number of methoxy groups -OCH3 is 1. The molecule has 1 amide bonds. The molecule has 0 bridgehead atoms. The van der Waals surface area contributed by atoms with Crippen molar-refractivity contribution in [1.29, 1.82) is 0 Å². The van der Waals surface area contributed by atoms with Gasteiger partial charge in [0, 0.05) is 36.4 Å². The Labute approximate surface area is 153 Å². The van der Waals surface area contributed by atoms with Gasteiger partial charge in [0.15, 0.2) is 0 Å². The van der Waals surface area contributed by atoms with Crippen LogP contribution in [0.3, 0.4) is 0 Å². The average molecular weight is 360 g/mol. The van der Waals surface area contributed by atoms with Crippen molar-refractivity contribution in [3.05, 3.63) is 52.7 Å². The Bertz CT molecular complexity index is 745. The van der Waals surface area contributed by atoms with E-state index in [-0.39, 0.29) is 5.91 Å². The van der Waals surface area contributed by atoms with Crippen LogP contribution >= 0.6 is 11.6 Å². The fourth-order valence-corrected chi connectivity index (χ4v) is 3.25. The van der Waals surface area contributed by atoms with E-state index in [1.54, 1.807) is 25.4 Å². The standard InChI is InChI=1S/C19H22ClN3O2/c1-25-17-8-7-15(20)12-14(17)13-22-18-16(6-5-9-21-18)19(24)23-10-3-2-4-11-23/h5-9,12H,2-4,10-11,13H2,1H3,(H,21,22). The number of ether oxygens (including phenoxy) is 1. The summed E-state index contributed by atoms with van der Waals surface area (Å²) in [7, 11) is 1.62. The summed E-state index contributed by atoms with van der Waals surface area (Å²) in [4.78, 5) is 19.1. The van der Waals surface area contributed by atoms with Gasteiger partial charge in [-0.1, -0.05) is 11.6 Å². The number of aromatic nitrogens is 1. The van der Waals surface area contributed by atoms with Gasteiger partial charge in [-0.05, 0) is 49.6 Å². The smallest absolute Gasteiger partial charge is 0.257 e. The molecule has 1 fully saturated rings. The fourth-order valence-electron chi connectivity index (χ4n) is 3.05. The molecule has 132 valence electrons. The van der Waals surface area contributed by atoms with Crippen LogP contribution in [-0.4, -0.2) is 36.0 Å². The largest absolute Gasteiger partial charge is 0.496 e. The summed E-state index contributed by atoms with van der Waals surface area (Å²) in [5.41, 5.74) is 1.52. The van der Waals surface area contributed by atoms with Crippen LogP contribution in [0, 0.1) is 0 Å². The molecule has 0 atom stereocenters. The Morgan fingerprint density at radius 2 is 2.08 bits per heavy atom. The number of amides is 1. The molecule has 0 spiro atoms. The first-order valence-electron chi connectivity index (χ1n) is 8.49. The van der Waals surface area contributed by atoms with Crippen molar-refractivity contribution in [3.63, 3.8) is 0 Å². The van der Waals surface area contributed by atoms with Gasteiger partial charge in [0.25, 0.3) is 5.91 Å². The van der Waals surface area contributed by atoms with Gasteiger partial charge in [-0.3, -0.25) is 4.79 Å². The van der Waals surface area contributed by atoms with Crippen LogP contribution in [-0.2, 0) is 6.54 Å². The molecule has 1 aliphatic rings. The van der Waals surface area contributed by atoms with Crippen LogP contribution in [0.25, 0.3) is 0 Å². The van der Waals surface area contributed by atoms with E-state index < -0.39 is 0 Å². The van der Waals surface area contributed by atoms with E-state index in [0.29, 0.717) is 22.9 Å². The third-order valence-corrected chi connectivity index (χ3v) is 4.61. The van der Waals surface area contributed by atoms with Crippen LogP contribution in [0.5, 0.6) is 5.75 Å². The molecule has 1 aromatic heterocycles. The lowest BCUT2D eigenvalue weighted by Crippen LogP contribution is -2.36. The third-order valence-electron chi connectivity index (χ3n) is 4.37. The highest BCUT2D eigenvalue weighted by molar-refractivity contribution is 6.30. The molecule has 2 heterocycles. The van der Waals surface area contributed by atoms with Gasteiger partial charge < -0.3 is 15.0 Å². The first-order valence-corrected chi connectivity index (χ1v) is 8.87. The maximum atomic E-state index is 12.8. The predicted octanol–water partition coefficient (Wildman–Crippen LogP) is 3.98. The van der Waals surface area contributed by atoms with Crippen LogP contribution < -0.4 is 10.1 Å². The number of halogens is 1. The number of hydrogen-bond acceptors (Lipinski definition) is 4. The van der Waals surface area contributed by atoms with E-state index in [9.17, 15) is 4.79 Å². The average Bonchev–Trinajstić information content (AvgIpc) is 2.67. The maximum Gasteiger partial charge on any atom is 0.257 e. The van der Waals surface area contributed by atoms with Crippen molar-refractivity contribution in [3.8, 4) is 5.75 Å². The van der Waals surface area contributed by atoms with Crippen LogP contribution in [0.1, 0.15) is 35.2 Å². The molecule has 1 aliphatic heterocycles. The number of nitrogens with zero attached hydrogens (tertiary/aromatic N) is 2.